The first kappa shape index (κ1) is 10.0. The van der Waals surface area contributed by atoms with Gasteiger partial charge in [-0.3, -0.25) is 9.97 Å². The summed E-state index contributed by atoms with van der Waals surface area (Å²) in [5, 5.41) is 0. The standard InChI is InChI=1S/C10H7BrN2O2/c1-15-10(14)6-2-3-7(11)9-8(6)12-4-5-13-9/h2-5H,1H3. The molecule has 2 rings (SSSR count). The van der Waals surface area contributed by atoms with Crippen LogP contribution < -0.4 is 0 Å². The second-order valence-corrected chi connectivity index (χ2v) is 3.69. The van der Waals surface area contributed by atoms with Gasteiger partial charge in [0.2, 0.25) is 0 Å². The lowest BCUT2D eigenvalue weighted by Crippen LogP contribution is -2.03. The average Bonchev–Trinajstić information content (AvgIpc) is 2.29. The van der Waals surface area contributed by atoms with Crippen molar-refractivity contribution in [2.24, 2.45) is 0 Å². The molecule has 1 aromatic carbocycles. The summed E-state index contributed by atoms with van der Waals surface area (Å²) in [5.41, 5.74) is 1.61. The largest absolute Gasteiger partial charge is 0.465 e. The van der Waals surface area contributed by atoms with Gasteiger partial charge in [0.1, 0.15) is 11.0 Å². The number of benzene rings is 1. The lowest BCUT2D eigenvalue weighted by Gasteiger charge is -2.04. The van der Waals surface area contributed by atoms with Gasteiger partial charge in [-0.15, -0.1) is 0 Å². The van der Waals surface area contributed by atoms with Crippen LogP contribution >= 0.6 is 15.9 Å². The summed E-state index contributed by atoms with van der Waals surface area (Å²) in [4.78, 5) is 19.7. The molecule has 0 bridgehead atoms. The molecule has 0 unspecified atom stereocenters. The zero-order valence-corrected chi connectivity index (χ0v) is 9.48. The van der Waals surface area contributed by atoms with Gasteiger partial charge in [0.05, 0.1) is 12.7 Å². The number of halogens is 1. The van der Waals surface area contributed by atoms with E-state index >= 15 is 0 Å². The number of methoxy groups -OCH3 is 1. The van der Waals surface area contributed by atoms with E-state index < -0.39 is 5.97 Å². The monoisotopic (exact) mass is 266 g/mol. The summed E-state index contributed by atoms with van der Waals surface area (Å²) in [6.45, 7) is 0. The molecule has 0 aliphatic carbocycles. The van der Waals surface area contributed by atoms with E-state index in [1.807, 2.05) is 0 Å². The Balaban J connectivity index is 2.77. The number of carbonyl (C=O) groups is 1. The average molecular weight is 267 g/mol. The van der Waals surface area contributed by atoms with Crippen LogP contribution in [0.5, 0.6) is 0 Å². The lowest BCUT2D eigenvalue weighted by atomic mass is 10.2. The summed E-state index contributed by atoms with van der Waals surface area (Å²) in [6.07, 6.45) is 3.12. The number of hydrogen-bond donors (Lipinski definition) is 0. The second kappa shape index (κ2) is 3.94. The molecule has 0 fully saturated rings. The Morgan fingerprint density at radius 3 is 2.60 bits per heavy atom. The van der Waals surface area contributed by atoms with Crippen molar-refractivity contribution in [1.82, 2.24) is 9.97 Å². The normalized spacial score (nSPS) is 10.3. The van der Waals surface area contributed by atoms with E-state index in [1.54, 1.807) is 24.5 Å². The molecule has 0 saturated carbocycles. The summed E-state index contributed by atoms with van der Waals surface area (Å²) in [5.74, 6) is -0.409. The molecule has 0 saturated heterocycles. The molecule has 2 aromatic rings. The maximum absolute atomic E-state index is 11.4. The third kappa shape index (κ3) is 1.70. The highest BCUT2D eigenvalue weighted by molar-refractivity contribution is 9.10. The van der Waals surface area contributed by atoms with Gasteiger partial charge in [-0.05, 0) is 28.1 Å². The fourth-order valence-electron chi connectivity index (χ4n) is 1.30. The minimum Gasteiger partial charge on any atom is -0.465 e. The van der Waals surface area contributed by atoms with Crippen molar-refractivity contribution in [2.45, 2.75) is 0 Å². The van der Waals surface area contributed by atoms with Crippen LogP contribution in [0.3, 0.4) is 0 Å². The van der Waals surface area contributed by atoms with Crippen molar-refractivity contribution in [1.29, 1.82) is 0 Å². The van der Waals surface area contributed by atoms with Crippen LogP contribution in [0.2, 0.25) is 0 Å². The van der Waals surface area contributed by atoms with Crippen LogP contribution in [0, 0.1) is 0 Å². The Hall–Kier alpha value is -1.49. The molecule has 1 aromatic heterocycles. The highest BCUT2D eigenvalue weighted by Crippen LogP contribution is 2.23. The van der Waals surface area contributed by atoms with Crippen molar-refractivity contribution >= 4 is 32.9 Å². The molecule has 0 atom stereocenters. The van der Waals surface area contributed by atoms with E-state index in [-0.39, 0.29) is 0 Å². The van der Waals surface area contributed by atoms with Crippen LogP contribution in [-0.2, 0) is 4.74 Å². The second-order valence-electron chi connectivity index (χ2n) is 2.84. The summed E-state index contributed by atoms with van der Waals surface area (Å²) >= 11 is 3.35. The van der Waals surface area contributed by atoms with Gasteiger partial charge in [-0.25, -0.2) is 4.79 Å². The maximum atomic E-state index is 11.4. The number of ether oxygens (including phenoxy) is 1. The van der Waals surface area contributed by atoms with E-state index in [0.29, 0.717) is 16.6 Å². The molecule has 0 N–H and O–H groups in total. The minimum atomic E-state index is -0.409. The Bertz CT molecular complexity index is 528. The zero-order chi connectivity index (χ0) is 10.8. The molecule has 4 nitrogen and oxygen atoms in total. The van der Waals surface area contributed by atoms with Crippen molar-refractivity contribution in [3.8, 4) is 0 Å². The summed E-state index contributed by atoms with van der Waals surface area (Å²) in [7, 11) is 1.34. The Labute approximate surface area is 94.4 Å². The molecule has 1 heterocycles. The third-order valence-corrected chi connectivity index (χ3v) is 2.62. The van der Waals surface area contributed by atoms with E-state index in [1.165, 1.54) is 7.11 Å². The van der Waals surface area contributed by atoms with Gasteiger partial charge < -0.3 is 4.74 Å². The van der Waals surface area contributed by atoms with E-state index in [9.17, 15) is 4.79 Å². The molecule has 5 heteroatoms. The van der Waals surface area contributed by atoms with Gasteiger partial charge in [0.15, 0.2) is 0 Å². The zero-order valence-electron chi connectivity index (χ0n) is 7.90. The van der Waals surface area contributed by atoms with Gasteiger partial charge >= 0.3 is 5.97 Å². The molecular weight excluding hydrogens is 260 g/mol. The fraction of sp³-hybridized carbons (Fsp3) is 0.100. The number of aromatic nitrogens is 2. The van der Waals surface area contributed by atoms with Gasteiger partial charge in [0, 0.05) is 16.9 Å². The number of carbonyl (C=O) groups excluding carboxylic acids is 1. The van der Waals surface area contributed by atoms with Gasteiger partial charge in [-0.2, -0.15) is 0 Å². The van der Waals surface area contributed by atoms with Crippen LogP contribution in [0.15, 0.2) is 29.0 Å². The van der Waals surface area contributed by atoms with Crippen LogP contribution in [0.4, 0.5) is 0 Å². The predicted molar refractivity (Wildman–Crippen MR) is 58.6 cm³/mol. The van der Waals surface area contributed by atoms with Crippen LogP contribution in [0.25, 0.3) is 11.0 Å². The first-order valence-corrected chi connectivity index (χ1v) is 5.01. The molecule has 0 aliphatic rings. The molecule has 76 valence electrons. The van der Waals surface area contributed by atoms with Crippen LogP contribution in [0.1, 0.15) is 10.4 Å². The first-order chi connectivity index (χ1) is 7.24. The smallest absolute Gasteiger partial charge is 0.340 e. The lowest BCUT2D eigenvalue weighted by molar-refractivity contribution is 0.0602. The van der Waals surface area contributed by atoms with E-state index in [0.717, 1.165) is 4.47 Å². The molecule has 0 spiro atoms. The quantitative estimate of drug-likeness (QED) is 0.743. The van der Waals surface area contributed by atoms with Gasteiger partial charge in [-0.1, -0.05) is 0 Å². The molecule has 0 radical (unpaired) electrons. The number of rotatable bonds is 1. The SMILES string of the molecule is COC(=O)c1ccc(Br)c2nccnc12. The topological polar surface area (TPSA) is 52.1 Å². The van der Waals surface area contributed by atoms with Gasteiger partial charge in [0.25, 0.3) is 0 Å². The first-order valence-electron chi connectivity index (χ1n) is 4.21. The summed E-state index contributed by atoms with van der Waals surface area (Å²) in [6, 6.07) is 3.41. The van der Waals surface area contributed by atoms with Crippen molar-refractivity contribution in [3.63, 3.8) is 0 Å². The number of fused-ring (bicyclic) bond motifs is 1. The molecular formula is C10H7BrN2O2. The predicted octanol–water partition coefficient (Wildman–Crippen LogP) is 2.18. The maximum Gasteiger partial charge on any atom is 0.340 e. The van der Waals surface area contributed by atoms with E-state index in [4.69, 9.17) is 0 Å². The summed E-state index contributed by atoms with van der Waals surface area (Å²) < 4.78 is 5.47. The van der Waals surface area contributed by atoms with Crippen LogP contribution in [-0.4, -0.2) is 23.0 Å². The van der Waals surface area contributed by atoms with Crippen molar-refractivity contribution in [2.75, 3.05) is 7.11 Å². The molecule has 15 heavy (non-hydrogen) atoms. The highest BCUT2D eigenvalue weighted by atomic mass is 79.9. The minimum absolute atomic E-state index is 0.409. The fourth-order valence-corrected chi connectivity index (χ4v) is 1.72. The highest BCUT2D eigenvalue weighted by Gasteiger charge is 2.13. The molecule has 0 amide bonds. The molecule has 0 aliphatic heterocycles. The number of esters is 1. The number of nitrogens with zero attached hydrogens (tertiary/aromatic N) is 2. The Morgan fingerprint density at radius 1 is 1.27 bits per heavy atom. The number of hydrogen-bond acceptors (Lipinski definition) is 4. The van der Waals surface area contributed by atoms with E-state index in [2.05, 4.69) is 30.6 Å². The third-order valence-electron chi connectivity index (χ3n) is 1.98. The van der Waals surface area contributed by atoms with Crippen molar-refractivity contribution in [3.05, 3.63) is 34.6 Å². The Kier molecular flexibility index (Phi) is 2.64. The Morgan fingerprint density at radius 2 is 1.93 bits per heavy atom. The van der Waals surface area contributed by atoms with Crippen molar-refractivity contribution < 1.29 is 9.53 Å².